The Kier molecular flexibility index (Phi) is 5.49. The fourth-order valence-electron chi connectivity index (χ4n) is 3.45. The molecule has 0 fully saturated rings. The number of hydrogen-bond donors (Lipinski definition) is 2. The first-order valence-corrected chi connectivity index (χ1v) is 10.0. The van der Waals surface area contributed by atoms with E-state index in [9.17, 15) is 4.79 Å². The molecule has 0 atom stereocenters. The van der Waals surface area contributed by atoms with Crippen molar-refractivity contribution < 1.29 is 4.79 Å². The van der Waals surface area contributed by atoms with E-state index in [4.69, 9.17) is 0 Å². The van der Waals surface area contributed by atoms with Gasteiger partial charge in [0.15, 0.2) is 0 Å². The van der Waals surface area contributed by atoms with Crippen molar-refractivity contribution in [3.05, 3.63) is 88.9 Å². The number of hydrogen-bond acceptors (Lipinski definition) is 4. The lowest BCUT2D eigenvalue weighted by Gasteiger charge is -2.04. The standard InChI is InChI=1S/C24H24N6O/c1-15-10-12-19(13-11-15)16(2)25-28-24(31)22-14-21(26-27-22)23-17(3)29-30(18(23)4)20-8-6-5-7-9-20/h5-14H,1-4H3,(H,26,27)(H,28,31)/b25-16+. The Morgan fingerprint density at radius 3 is 2.45 bits per heavy atom. The molecule has 0 radical (unpaired) electrons. The number of para-hydroxylation sites is 1. The second kappa shape index (κ2) is 8.39. The Hall–Kier alpha value is -4.00. The molecule has 0 bridgehead atoms. The topological polar surface area (TPSA) is 88.0 Å². The van der Waals surface area contributed by atoms with Crippen LogP contribution in [0, 0.1) is 20.8 Å². The molecule has 2 aromatic heterocycles. The van der Waals surface area contributed by atoms with Gasteiger partial charge >= 0.3 is 0 Å². The molecule has 156 valence electrons. The highest BCUT2D eigenvalue weighted by molar-refractivity contribution is 6.00. The molecule has 0 saturated carbocycles. The summed E-state index contributed by atoms with van der Waals surface area (Å²) in [4.78, 5) is 12.6. The number of carbonyl (C=O) groups is 1. The quantitative estimate of drug-likeness (QED) is 0.377. The van der Waals surface area contributed by atoms with Gasteiger partial charge in [0.25, 0.3) is 5.91 Å². The van der Waals surface area contributed by atoms with Crippen molar-refractivity contribution in [1.82, 2.24) is 25.4 Å². The lowest BCUT2D eigenvalue weighted by atomic mass is 10.1. The van der Waals surface area contributed by atoms with Crippen LogP contribution in [0.1, 0.15) is 39.9 Å². The van der Waals surface area contributed by atoms with Crippen LogP contribution in [0.3, 0.4) is 0 Å². The molecule has 0 unspecified atom stereocenters. The first-order chi connectivity index (χ1) is 14.9. The maximum Gasteiger partial charge on any atom is 0.289 e. The van der Waals surface area contributed by atoms with Gasteiger partial charge in [-0.1, -0.05) is 48.0 Å². The van der Waals surface area contributed by atoms with Crippen molar-refractivity contribution in [1.29, 1.82) is 0 Å². The molecule has 0 saturated heterocycles. The van der Waals surface area contributed by atoms with E-state index in [1.165, 1.54) is 5.56 Å². The SMILES string of the molecule is C/C(=N\NC(=O)c1cc(-c2c(C)nn(-c3ccccc3)c2C)n[nH]1)c1ccc(C)cc1. The summed E-state index contributed by atoms with van der Waals surface area (Å²) in [6.07, 6.45) is 0. The maximum atomic E-state index is 12.6. The number of H-pyrrole nitrogens is 1. The highest BCUT2D eigenvalue weighted by Gasteiger charge is 2.19. The highest BCUT2D eigenvalue weighted by Crippen LogP contribution is 2.27. The summed E-state index contributed by atoms with van der Waals surface area (Å²) < 4.78 is 1.88. The fraction of sp³-hybridized carbons (Fsp3) is 0.167. The van der Waals surface area contributed by atoms with Crippen LogP contribution in [0.15, 0.2) is 65.8 Å². The molecular formula is C24H24N6O. The number of amides is 1. The third kappa shape index (κ3) is 4.16. The molecule has 2 aromatic carbocycles. The lowest BCUT2D eigenvalue weighted by molar-refractivity contribution is 0.0950. The molecule has 7 heteroatoms. The number of nitrogens with zero attached hydrogens (tertiary/aromatic N) is 4. The third-order valence-electron chi connectivity index (χ3n) is 5.17. The summed E-state index contributed by atoms with van der Waals surface area (Å²) in [6.45, 7) is 7.81. The van der Waals surface area contributed by atoms with Gasteiger partial charge in [-0.25, -0.2) is 10.1 Å². The number of benzene rings is 2. The Morgan fingerprint density at radius 1 is 1.03 bits per heavy atom. The maximum absolute atomic E-state index is 12.6. The van der Waals surface area contributed by atoms with Crippen molar-refractivity contribution in [2.24, 2.45) is 5.10 Å². The molecule has 4 aromatic rings. The minimum Gasteiger partial charge on any atom is -0.272 e. The van der Waals surface area contributed by atoms with Crippen LogP contribution in [-0.2, 0) is 0 Å². The third-order valence-corrected chi connectivity index (χ3v) is 5.17. The number of carbonyl (C=O) groups excluding carboxylic acids is 1. The normalized spacial score (nSPS) is 11.5. The summed E-state index contributed by atoms with van der Waals surface area (Å²) in [7, 11) is 0. The van der Waals surface area contributed by atoms with Gasteiger partial charge in [-0.05, 0) is 51.5 Å². The minimum atomic E-state index is -0.351. The number of hydrazone groups is 1. The summed E-state index contributed by atoms with van der Waals surface area (Å²) in [6, 6.07) is 19.6. The van der Waals surface area contributed by atoms with E-state index in [1.54, 1.807) is 6.07 Å². The van der Waals surface area contributed by atoms with Gasteiger partial charge in [-0.3, -0.25) is 9.89 Å². The van der Waals surface area contributed by atoms with Crippen molar-refractivity contribution in [3.8, 4) is 16.9 Å². The van der Waals surface area contributed by atoms with E-state index in [2.05, 4.69) is 25.8 Å². The molecule has 2 heterocycles. The van der Waals surface area contributed by atoms with E-state index in [1.807, 2.05) is 87.0 Å². The Balaban J connectivity index is 1.54. The zero-order valence-corrected chi connectivity index (χ0v) is 18.0. The predicted molar refractivity (Wildman–Crippen MR) is 121 cm³/mol. The molecule has 0 aliphatic rings. The Bertz CT molecular complexity index is 1250. The van der Waals surface area contributed by atoms with Crippen molar-refractivity contribution in [3.63, 3.8) is 0 Å². The van der Waals surface area contributed by atoms with Crippen LogP contribution >= 0.6 is 0 Å². The molecule has 0 aliphatic heterocycles. The molecule has 4 rings (SSSR count). The van der Waals surface area contributed by atoms with Crippen molar-refractivity contribution in [2.75, 3.05) is 0 Å². The second-order valence-electron chi connectivity index (χ2n) is 7.46. The van der Waals surface area contributed by atoms with Crippen molar-refractivity contribution in [2.45, 2.75) is 27.7 Å². The smallest absolute Gasteiger partial charge is 0.272 e. The number of rotatable bonds is 5. The largest absolute Gasteiger partial charge is 0.289 e. The zero-order chi connectivity index (χ0) is 22.0. The Labute approximate surface area is 180 Å². The molecule has 31 heavy (non-hydrogen) atoms. The van der Waals surface area contributed by atoms with Crippen molar-refractivity contribution >= 4 is 11.6 Å². The van der Waals surface area contributed by atoms with Gasteiger partial charge in [0, 0.05) is 5.56 Å². The van der Waals surface area contributed by atoms with Gasteiger partial charge in [0.05, 0.1) is 28.5 Å². The molecule has 0 aliphatic carbocycles. The molecule has 0 spiro atoms. The lowest BCUT2D eigenvalue weighted by Crippen LogP contribution is -2.19. The van der Waals surface area contributed by atoms with Crippen LogP contribution in [0.5, 0.6) is 0 Å². The molecule has 2 N–H and O–H groups in total. The monoisotopic (exact) mass is 412 g/mol. The first kappa shape index (κ1) is 20.3. The van der Waals surface area contributed by atoms with Crippen LogP contribution in [0.2, 0.25) is 0 Å². The average molecular weight is 412 g/mol. The summed E-state index contributed by atoms with van der Waals surface area (Å²) in [5, 5.41) is 16.0. The summed E-state index contributed by atoms with van der Waals surface area (Å²) >= 11 is 0. The van der Waals surface area contributed by atoms with E-state index in [-0.39, 0.29) is 5.91 Å². The van der Waals surface area contributed by atoms with Crippen LogP contribution in [0.4, 0.5) is 0 Å². The van der Waals surface area contributed by atoms with Crippen LogP contribution < -0.4 is 5.43 Å². The highest BCUT2D eigenvalue weighted by atomic mass is 16.2. The van der Waals surface area contributed by atoms with E-state index < -0.39 is 0 Å². The molecule has 7 nitrogen and oxygen atoms in total. The van der Waals surface area contributed by atoms with E-state index in [0.717, 1.165) is 33.9 Å². The Morgan fingerprint density at radius 2 is 1.74 bits per heavy atom. The molecule has 1 amide bonds. The van der Waals surface area contributed by atoms with Gasteiger partial charge in [0.1, 0.15) is 5.69 Å². The van der Waals surface area contributed by atoms with E-state index in [0.29, 0.717) is 11.4 Å². The first-order valence-electron chi connectivity index (χ1n) is 10.0. The van der Waals surface area contributed by atoms with Gasteiger partial charge in [0.2, 0.25) is 0 Å². The number of aromatic amines is 1. The second-order valence-corrected chi connectivity index (χ2v) is 7.46. The summed E-state index contributed by atoms with van der Waals surface area (Å²) in [5.74, 6) is -0.351. The van der Waals surface area contributed by atoms with Gasteiger partial charge in [-0.2, -0.15) is 15.3 Å². The van der Waals surface area contributed by atoms with E-state index >= 15 is 0 Å². The summed E-state index contributed by atoms with van der Waals surface area (Å²) in [5.41, 5.74) is 10.1. The van der Waals surface area contributed by atoms with Crippen LogP contribution in [0.25, 0.3) is 16.9 Å². The zero-order valence-electron chi connectivity index (χ0n) is 18.0. The minimum absolute atomic E-state index is 0.335. The number of aromatic nitrogens is 4. The number of nitrogens with one attached hydrogen (secondary N) is 2. The predicted octanol–water partition coefficient (Wildman–Crippen LogP) is 4.34. The molecular weight excluding hydrogens is 388 g/mol. The number of aryl methyl sites for hydroxylation is 2. The average Bonchev–Trinajstić information content (AvgIpc) is 3.37. The van der Waals surface area contributed by atoms with Gasteiger partial charge < -0.3 is 0 Å². The van der Waals surface area contributed by atoms with Gasteiger partial charge in [-0.15, -0.1) is 0 Å². The van der Waals surface area contributed by atoms with Crippen LogP contribution in [-0.4, -0.2) is 31.6 Å². The fourth-order valence-corrected chi connectivity index (χ4v) is 3.45.